The molecular weight excluding hydrogens is 352 g/mol. The molecule has 0 saturated heterocycles. The van der Waals surface area contributed by atoms with E-state index in [1.165, 1.54) is 57.8 Å². The Morgan fingerprint density at radius 3 is 1.96 bits per heavy atom. The van der Waals surface area contributed by atoms with E-state index in [1.54, 1.807) is 6.92 Å². The Bertz CT molecular complexity index is 640. The number of hydrogen-bond donors (Lipinski definition) is 0. The van der Waals surface area contributed by atoms with Gasteiger partial charge in [-0.15, -0.1) is 0 Å². The molecule has 0 aromatic carbocycles. The maximum atomic E-state index is 13.2. The van der Waals surface area contributed by atoms with Gasteiger partial charge in [-0.2, -0.15) is 0 Å². The molecular formula is C24H34O4. The van der Waals surface area contributed by atoms with Gasteiger partial charge in [0, 0.05) is 5.57 Å². The molecule has 6 rings (SSSR count). The van der Waals surface area contributed by atoms with Crippen LogP contribution in [0.4, 0.5) is 0 Å². The van der Waals surface area contributed by atoms with Gasteiger partial charge < -0.3 is 9.47 Å². The Hall–Kier alpha value is -1.32. The third-order valence-corrected chi connectivity index (χ3v) is 8.74. The number of hydrogen-bond acceptors (Lipinski definition) is 4. The SMILES string of the molecule is C=C(C)C(=O)OC1CC(C(=O)OC2(C3CCCC3)C3CC4CC(C3)CC2C4)C1. The largest absolute Gasteiger partial charge is 0.459 e. The van der Waals surface area contributed by atoms with Gasteiger partial charge in [0.05, 0.1) is 5.92 Å². The summed E-state index contributed by atoms with van der Waals surface area (Å²) in [4.78, 5) is 24.9. The molecule has 4 nitrogen and oxygen atoms in total. The van der Waals surface area contributed by atoms with Crippen molar-refractivity contribution in [3.05, 3.63) is 12.2 Å². The second-order valence-electron chi connectivity index (χ2n) is 10.5. The number of carbonyl (C=O) groups excluding carboxylic acids is 2. The van der Waals surface area contributed by atoms with E-state index < -0.39 is 0 Å². The Labute approximate surface area is 168 Å². The quantitative estimate of drug-likeness (QED) is 0.502. The van der Waals surface area contributed by atoms with Gasteiger partial charge >= 0.3 is 11.9 Å². The van der Waals surface area contributed by atoms with Gasteiger partial charge in [0.1, 0.15) is 11.7 Å². The first-order chi connectivity index (χ1) is 13.5. The van der Waals surface area contributed by atoms with Crippen LogP contribution in [0.2, 0.25) is 0 Å². The predicted octanol–water partition coefficient (Wildman–Crippen LogP) is 4.81. The van der Waals surface area contributed by atoms with E-state index in [0.717, 1.165) is 11.8 Å². The maximum absolute atomic E-state index is 13.2. The van der Waals surface area contributed by atoms with Gasteiger partial charge in [-0.25, -0.2) is 4.79 Å². The minimum absolute atomic E-state index is 0.0120. The zero-order valence-electron chi connectivity index (χ0n) is 17.2. The van der Waals surface area contributed by atoms with E-state index in [9.17, 15) is 9.59 Å². The molecule has 6 aliphatic carbocycles. The molecule has 4 heteroatoms. The van der Waals surface area contributed by atoms with E-state index >= 15 is 0 Å². The summed E-state index contributed by atoms with van der Waals surface area (Å²) < 4.78 is 12.0. The lowest BCUT2D eigenvalue weighted by atomic mass is 9.47. The van der Waals surface area contributed by atoms with Crippen molar-refractivity contribution >= 4 is 11.9 Å². The first-order valence-corrected chi connectivity index (χ1v) is 11.5. The van der Waals surface area contributed by atoms with Crippen molar-refractivity contribution in [3.8, 4) is 0 Å². The highest BCUT2D eigenvalue weighted by Gasteiger charge is 2.63. The molecule has 6 fully saturated rings. The summed E-state index contributed by atoms with van der Waals surface area (Å²) in [6.07, 6.45) is 12.7. The van der Waals surface area contributed by atoms with Crippen LogP contribution in [-0.4, -0.2) is 23.6 Å². The molecule has 0 spiro atoms. The van der Waals surface area contributed by atoms with Crippen molar-refractivity contribution < 1.29 is 19.1 Å². The molecule has 0 N–H and O–H groups in total. The molecule has 0 aromatic heterocycles. The van der Waals surface area contributed by atoms with Crippen LogP contribution in [-0.2, 0) is 19.1 Å². The molecule has 0 heterocycles. The topological polar surface area (TPSA) is 52.6 Å². The zero-order valence-corrected chi connectivity index (χ0v) is 17.2. The van der Waals surface area contributed by atoms with Gasteiger partial charge in [-0.3, -0.25) is 4.79 Å². The van der Waals surface area contributed by atoms with Gasteiger partial charge in [0.25, 0.3) is 0 Å². The van der Waals surface area contributed by atoms with E-state index in [1.807, 2.05) is 0 Å². The number of ether oxygens (including phenoxy) is 2. The summed E-state index contributed by atoms with van der Waals surface area (Å²) in [6, 6.07) is 0. The fourth-order valence-corrected chi connectivity index (χ4v) is 7.58. The van der Waals surface area contributed by atoms with Crippen molar-refractivity contribution in [3.63, 3.8) is 0 Å². The van der Waals surface area contributed by atoms with Crippen molar-refractivity contribution in [1.82, 2.24) is 0 Å². The van der Waals surface area contributed by atoms with Crippen LogP contribution in [0.1, 0.15) is 77.6 Å². The average molecular weight is 387 g/mol. The molecule has 0 aliphatic heterocycles. The van der Waals surface area contributed by atoms with Crippen LogP contribution in [0, 0.1) is 35.5 Å². The summed E-state index contributed by atoms with van der Waals surface area (Å²) in [5.74, 6) is 3.06. The Balaban J connectivity index is 1.28. The molecule has 154 valence electrons. The zero-order chi connectivity index (χ0) is 19.5. The lowest BCUT2D eigenvalue weighted by Crippen LogP contribution is -2.63. The van der Waals surface area contributed by atoms with Crippen LogP contribution in [0.25, 0.3) is 0 Å². The van der Waals surface area contributed by atoms with E-state index in [-0.39, 0.29) is 29.6 Å². The molecule has 28 heavy (non-hydrogen) atoms. The van der Waals surface area contributed by atoms with Crippen LogP contribution >= 0.6 is 0 Å². The fraction of sp³-hybridized carbons (Fsp3) is 0.833. The van der Waals surface area contributed by atoms with Gasteiger partial charge in [0.2, 0.25) is 0 Å². The molecule has 0 aromatic rings. The summed E-state index contributed by atoms with van der Waals surface area (Å²) in [7, 11) is 0. The van der Waals surface area contributed by atoms with Crippen molar-refractivity contribution in [1.29, 1.82) is 0 Å². The Kier molecular flexibility index (Phi) is 4.59. The van der Waals surface area contributed by atoms with Gasteiger partial charge in [0.15, 0.2) is 0 Å². The van der Waals surface area contributed by atoms with Crippen molar-refractivity contribution in [2.24, 2.45) is 35.5 Å². The van der Waals surface area contributed by atoms with Gasteiger partial charge in [-0.05, 0) is 94.3 Å². The Morgan fingerprint density at radius 1 is 0.857 bits per heavy atom. The number of carbonyl (C=O) groups is 2. The van der Waals surface area contributed by atoms with Crippen molar-refractivity contribution in [2.45, 2.75) is 89.3 Å². The second kappa shape index (κ2) is 6.88. The van der Waals surface area contributed by atoms with E-state index in [2.05, 4.69) is 6.58 Å². The van der Waals surface area contributed by atoms with Crippen LogP contribution in [0.15, 0.2) is 12.2 Å². The normalized spacial score (nSPS) is 44.2. The summed E-state index contributed by atoms with van der Waals surface area (Å²) in [6.45, 7) is 5.28. The molecule has 0 amide bonds. The third-order valence-electron chi connectivity index (χ3n) is 8.74. The van der Waals surface area contributed by atoms with Crippen LogP contribution in [0.3, 0.4) is 0 Å². The highest BCUT2D eigenvalue weighted by atomic mass is 16.6. The smallest absolute Gasteiger partial charge is 0.333 e. The van der Waals surface area contributed by atoms with Crippen molar-refractivity contribution in [2.75, 3.05) is 0 Å². The lowest BCUT2D eigenvalue weighted by Gasteiger charge is -2.62. The third kappa shape index (κ3) is 2.93. The van der Waals surface area contributed by atoms with E-state index in [0.29, 0.717) is 36.2 Å². The minimum atomic E-state index is -0.347. The van der Waals surface area contributed by atoms with Gasteiger partial charge in [-0.1, -0.05) is 19.4 Å². The fourth-order valence-electron chi connectivity index (χ4n) is 7.58. The molecule has 0 unspecified atom stereocenters. The lowest BCUT2D eigenvalue weighted by molar-refractivity contribution is -0.235. The standard InChI is InChI=1S/C24H34O4/c1-14(2)22(25)27-21-12-17(13-21)23(26)28-24(18-5-3-4-6-18)19-8-15-7-16(10-19)11-20(24)9-15/h15-21H,1,3-13H2,2H3. The molecule has 6 saturated carbocycles. The highest BCUT2D eigenvalue weighted by Crippen LogP contribution is 2.64. The average Bonchev–Trinajstić information content (AvgIpc) is 3.14. The molecule has 0 radical (unpaired) electrons. The monoisotopic (exact) mass is 386 g/mol. The number of esters is 2. The Morgan fingerprint density at radius 2 is 1.43 bits per heavy atom. The molecule has 6 aliphatic rings. The summed E-state index contributed by atoms with van der Waals surface area (Å²) in [5.41, 5.74) is 0.236. The molecule has 0 atom stereocenters. The highest BCUT2D eigenvalue weighted by molar-refractivity contribution is 5.87. The first kappa shape index (κ1) is 18.7. The van der Waals surface area contributed by atoms with Crippen LogP contribution < -0.4 is 0 Å². The van der Waals surface area contributed by atoms with Crippen LogP contribution in [0.5, 0.6) is 0 Å². The predicted molar refractivity (Wildman–Crippen MR) is 105 cm³/mol. The summed E-state index contributed by atoms with van der Waals surface area (Å²) >= 11 is 0. The minimum Gasteiger partial charge on any atom is -0.459 e. The molecule has 4 bridgehead atoms. The second-order valence-corrected chi connectivity index (χ2v) is 10.5. The van der Waals surface area contributed by atoms with E-state index in [4.69, 9.17) is 9.47 Å². The first-order valence-electron chi connectivity index (χ1n) is 11.5. The maximum Gasteiger partial charge on any atom is 0.333 e. The summed E-state index contributed by atoms with van der Waals surface area (Å²) in [5, 5.41) is 0. The number of rotatable bonds is 5.